The van der Waals surface area contributed by atoms with Crippen molar-refractivity contribution in [2.45, 2.75) is 18.4 Å². The third kappa shape index (κ3) is 3.80. The summed E-state index contributed by atoms with van der Waals surface area (Å²) in [6.07, 6.45) is 0.667. The maximum absolute atomic E-state index is 13.5. The first-order chi connectivity index (χ1) is 14.1. The van der Waals surface area contributed by atoms with E-state index in [0.717, 1.165) is 17.7 Å². The summed E-state index contributed by atoms with van der Waals surface area (Å²) >= 11 is 0. The molecule has 6 heteroatoms. The Morgan fingerprint density at radius 1 is 1.03 bits per heavy atom. The Morgan fingerprint density at radius 2 is 1.62 bits per heavy atom. The third-order valence-electron chi connectivity index (χ3n) is 6.10. The van der Waals surface area contributed by atoms with Gasteiger partial charge >= 0.3 is 0 Å². The summed E-state index contributed by atoms with van der Waals surface area (Å²) in [6, 6.07) is 19.9. The van der Waals surface area contributed by atoms with Crippen molar-refractivity contribution in [1.82, 2.24) is 10.2 Å². The Morgan fingerprint density at radius 3 is 2.14 bits per heavy atom. The molecule has 5 rings (SSSR count). The van der Waals surface area contributed by atoms with E-state index < -0.39 is 11.8 Å². The molecule has 3 aliphatic heterocycles. The fourth-order valence-corrected chi connectivity index (χ4v) is 4.79. The summed E-state index contributed by atoms with van der Waals surface area (Å²) in [5.41, 5.74) is 7.33. The molecule has 2 aromatic rings. The number of Topliss-reactive ketones (excluding diaryl/α,β-unsaturated/α-hetero) is 1. The number of nitrogens with zero attached hydrogens (tertiary/aromatic N) is 1. The van der Waals surface area contributed by atoms with Crippen LogP contribution >= 0.6 is 0 Å². The van der Waals surface area contributed by atoms with Crippen LogP contribution in [0.25, 0.3) is 0 Å². The minimum atomic E-state index is -0.586. The van der Waals surface area contributed by atoms with Gasteiger partial charge in [-0.15, -0.1) is 0 Å². The van der Waals surface area contributed by atoms with Gasteiger partial charge in [0.25, 0.3) is 0 Å². The molecule has 150 valence electrons. The van der Waals surface area contributed by atoms with Gasteiger partial charge in [0, 0.05) is 18.4 Å². The highest BCUT2D eigenvalue weighted by atomic mass is 16.2. The zero-order valence-electron chi connectivity index (χ0n) is 16.2. The zero-order valence-corrected chi connectivity index (χ0v) is 16.2. The number of amides is 2. The summed E-state index contributed by atoms with van der Waals surface area (Å²) < 4.78 is 0. The molecule has 0 spiro atoms. The minimum Gasteiger partial charge on any atom is -0.368 e. The average molecular weight is 391 g/mol. The molecule has 3 N–H and O–H groups in total. The minimum absolute atomic E-state index is 0.0812. The van der Waals surface area contributed by atoms with Crippen molar-refractivity contribution in [2.75, 3.05) is 19.6 Å². The number of nitrogens with two attached hydrogens (primary N) is 1. The molecule has 29 heavy (non-hydrogen) atoms. The van der Waals surface area contributed by atoms with Gasteiger partial charge in [-0.1, -0.05) is 60.7 Å². The molecule has 2 aromatic carbocycles. The van der Waals surface area contributed by atoms with Gasteiger partial charge in [-0.25, -0.2) is 0 Å². The summed E-state index contributed by atoms with van der Waals surface area (Å²) in [5, 5.41) is 2.57. The van der Waals surface area contributed by atoms with Crippen molar-refractivity contribution < 1.29 is 14.4 Å². The van der Waals surface area contributed by atoms with E-state index in [1.165, 1.54) is 0 Å². The Kier molecular flexibility index (Phi) is 5.45. The first-order valence-electron chi connectivity index (χ1n) is 10.00. The van der Waals surface area contributed by atoms with Gasteiger partial charge in [0.05, 0.1) is 18.5 Å². The van der Waals surface area contributed by atoms with Crippen molar-refractivity contribution in [1.29, 1.82) is 0 Å². The molecule has 0 aliphatic carbocycles. The quantitative estimate of drug-likeness (QED) is 0.777. The Balaban J connectivity index is 1.64. The van der Waals surface area contributed by atoms with Crippen LogP contribution in [0.1, 0.15) is 23.5 Å². The lowest BCUT2D eigenvalue weighted by Crippen LogP contribution is -2.64. The van der Waals surface area contributed by atoms with Crippen molar-refractivity contribution in [3.63, 3.8) is 0 Å². The lowest BCUT2D eigenvalue weighted by Gasteiger charge is -2.50. The van der Waals surface area contributed by atoms with Gasteiger partial charge in [-0.05, 0) is 24.1 Å². The second-order valence-electron chi connectivity index (χ2n) is 7.83. The third-order valence-corrected chi connectivity index (χ3v) is 6.10. The van der Waals surface area contributed by atoms with Gasteiger partial charge in [0.2, 0.25) is 11.8 Å². The number of hydrogen-bond acceptors (Lipinski definition) is 4. The normalized spacial score (nSPS) is 25.8. The van der Waals surface area contributed by atoms with E-state index in [1.807, 2.05) is 36.4 Å². The largest absolute Gasteiger partial charge is 0.368 e. The molecule has 2 bridgehead atoms. The first kappa shape index (κ1) is 19.3. The molecular formula is C23H25N3O3. The van der Waals surface area contributed by atoms with Crippen molar-refractivity contribution in [3.05, 3.63) is 71.8 Å². The van der Waals surface area contributed by atoms with E-state index in [1.54, 1.807) is 0 Å². The van der Waals surface area contributed by atoms with Gasteiger partial charge in [0.1, 0.15) is 0 Å². The molecule has 0 radical (unpaired) electrons. The molecular weight excluding hydrogens is 366 g/mol. The Hall–Kier alpha value is -2.99. The fraction of sp³-hybridized carbons (Fsp3) is 0.348. The number of rotatable bonds is 6. The van der Waals surface area contributed by atoms with E-state index in [-0.39, 0.29) is 36.1 Å². The van der Waals surface area contributed by atoms with Gasteiger partial charge in [-0.3, -0.25) is 19.3 Å². The highest BCUT2D eigenvalue weighted by Gasteiger charge is 2.51. The van der Waals surface area contributed by atoms with E-state index in [4.69, 9.17) is 5.73 Å². The van der Waals surface area contributed by atoms with E-state index >= 15 is 0 Å². The predicted octanol–water partition coefficient (Wildman–Crippen LogP) is 1.31. The van der Waals surface area contributed by atoms with Gasteiger partial charge in [-0.2, -0.15) is 0 Å². The standard InChI is InChI=1S/C23H25N3O3/c24-19(27)13-25-23(29)18-14-26-12-11-17(18)22(28)21(26)20(15-7-3-1-4-8-15)16-9-5-2-6-10-16/h1-10,17-18,20-21H,11-14H2,(H2,24,27)(H,25,29)/t17-,18-,21?/m0/s1. The Labute approximate surface area is 170 Å². The van der Waals surface area contributed by atoms with Crippen molar-refractivity contribution in [2.24, 2.45) is 17.6 Å². The molecule has 0 saturated carbocycles. The Bertz CT molecular complexity index is 861. The average Bonchev–Trinajstić information content (AvgIpc) is 2.75. The maximum atomic E-state index is 13.5. The molecule has 3 fully saturated rings. The molecule has 3 saturated heterocycles. The lowest BCUT2D eigenvalue weighted by atomic mass is 9.68. The van der Waals surface area contributed by atoms with Crippen LogP contribution in [-0.2, 0) is 14.4 Å². The molecule has 2 amide bonds. The SMILES string of the molecule is NC(=O)CNC(=O)[C@H]1CN2CC[C@@H]1C(=O)C2C(c1ccccc1)c1ccccc1. The molecule has 2 unspecified atom stereocenters. The number of hydrogen-bond donors (Lipinski definition) is 2. The highest BCUT2D eigenvalue weighted by Crippen LogP contribution is 2.41. The molecule has 0 aromatic heterocycles. The van der Waals surface area contributed by atoms with Crippen LogP contribution in [0.4, 0.5) is 0 Å². The van der Waals surface area contributed by atoms with E-state index in [0.29, 0.717) is 13.0 Å². The molecule has 3 heterocycles. The first-order valence-corrected chi connectivity index (χ1v) is 10.00. The number of ketones is 1. The van der Waals surface area contributed by atoms with E-state index in [9.17, 15) is 14.4 Å². The van der Waals surface area contributed by atoms with Crippen LogP contribution in [0, 0.1) is 11.8 Å². The second-order valence-corrected chi connectivity index (χ2v) is 7.83. The number of primary amides is 1. The summed E-state index contributed by atoms with van der Waals surface area (Å²) in [5.74, 6) is -1.58. The van der Waals surface area contributed by atoms with Crippen molar-refractivity contribution >= 4 is 17.6 Å². The molecule has 3 aliphatic rings. The van der Waals surface area contributed by atoms with Crippen LogP contribution in [-0.4, -0.2) is 48.2 Å². The summed E-state index contributed by atoms with van der Waals surface area (Å²) in [6.45, 7) is 1.11. The van der Waals surface area contributed by atoms with Crippen LogP contribution in [0.3, 0.4) is 0 Å². The topological polar surface area (TPSA) is 92.5 Å². The molecule has 6 nitrogen and oxygen atoms in total. The number of piperidine rings is 3. The number of nitrogens with one attached hydrogen (secondary N) is 1. The van der Waals surface area contributed by atoms with Gasteiger partial charge < -0.3 is 11.1 Å². The number of carbonyl (C=O) groups excluding carboxylic acids is 3. The van der Waals surface area contributed by atoms with E-state index in [2.05, 4.69) is 34.5 Å². The number of fused-ring (bicyclic) bond motifs is 3. The second kappa shape index (κ2) is 8.17. The number of benzene rings is 2. The maximum Gasteiger partial charge on any atom is 0.236 e. The monoisotopic (exact) mass is 391 g/mol. The predicted molar refractivity (Wildman–Crippen MR) is 109 cm³/mol. The highest BCUT2D eigenvalue weighted by molar-refractivity contribution is 5.95. The van der Waals surface area contributed by atoms with Crippen molar-refractivity contribution in [3.8, 4) is 0 Å². The zero-order chi connectivity index (χ0) is 20.4. The summed E-state index contributed by atoms with van der Waals surface area (Å²) in [7, 11) is 0. The summed E-state index contributed by atoms with van der Waals surface area (Å²) in [4.78, 5) is 39.2. The number of carbonyl (C=O) groups is 3. The molecule has 4 atom stereocenters. The van der Waals surface area contributed by atoms with Crippen LogP contribution < -0.4 is 11.1 Å². The van der Waals surface area contributed by atoms with Gasteiger partial charge in [0.15, 0.2) is 5.78 Å². The fourth-order valence-electron chi connectivity index (χ4n) is 4.79. The van der Waals surface area contributed by atoms with Crippen LogP contribution in [0.15, 0.2) is 60.7 Å². The van der Waals surface area contributed by atoms with Crippen LogP contribution in [0.2, 0.25) is 0 Å². The van der Waals surface area contributed by atoms with Crippen LogP contribution in [0.5, 0.6) is 0 Å². The smallest absolute Gasteiger partial charge is 0.236 e. The lowest BCUT2D eigenvalue weighted by molar-refractivity contribution is -0.150.